The number of ether oxygens (including phenoxy) is 1. The van der Waals surface area contributed by atoms with Gasteiger partial charge in [-0.05, 0) is 45.2 Å². The summed E-state index contributed by atoms with van der Waals surface area (Å²) in [5.74, 6) is 1.31. The average molecular weight is 494 g/mol. The van der Waals surface area contributed by atoms with Crippen LogP contribution in [0.1, 0.15) is 31.1 Å². The maximum Gasteiger partial charge on any atom is 0.251 e. The number of thioether (sulfide) groups is 1. The lowest BCUT2D eigenvalue weighted by Gasteiger charge is -2.20. The molecule has 1 aromatic rings. The van der Waals surface area contributed by atoms with Crippen LogP contribution in [0.25, 0.3) is 0 Å². The van der Waals surface area contributed by atoms with Crippen molar-refractivity contribution in [3.05, 3.63) is 29.8 Å². The number of guanidine groups is 1. The monoisotopic (exact) mass is 494 g/mol. The number of benzene rings is 1. The molecule has 0 fully saturated rings. The van der Waals surface area contributed by atoms with E-state index in [1.54, 1.807) is 37.1 Å². The van der Waals surface area contributed by atoms with Gasteiger partial charge in [0.05, 0.1) is 13.7 Å². The van der Waals surface area contributed by atoms with E-state index in [9.17, 15) is 4.79 Å². The van der Waals surface area contributed by atoms with Gasteiger partial charge in [0.25, 0.3) is 5.91 Å². The first-order valence-corrected chi connectivity index (χ1v) is 9.64. The predicted molar refractivity (Wildman–Crippen MR) is 122 cm³/mol. The van der Waals surface area contributed by atoms with Gasteiger partial charge in [-0.2, -0.15) is 11.8 Å². The predicted octanol–water partition coefficient (Wildman–Crippen LogP) is 2.74. The quantitative estimate of drug-likeness (QED) is 0.213. The maximum atomic E-state index is 12.1. The highest BCUT2D eigenvalue weighted by atomic mass is 127. The minimum Gasteiger partial charge on any atom is -0.497 e. The molecule has 0 saturated carbocycles. The van der Waals surface area contributed by atoms with Crippen molar-refractivity contribution < 1.29 is 9.53 Å². The Kier molecular flexibility index (Phi) is 12.5. The van der Waals surface area contributed by atoms with Crippen LogP contribution in [-0.2, 0) is 0 Å². The fourth-order valence-corrected chi connectivity index (χ4v) is 2.09. The van der Waals surface area contributed by atoms with E-state index in [0.29, 0.717) is 24.4 Å². The van der Waals surface area contributed by atoms with E-state index in [2.05, 4.69) is 41.0 Å². The molecule has 0 aliphatic heterocycles. The number of halogens is 1. The van der Waals surface area contributed by atoms with Gasteiger partial charge in [-0.15, -0.1) is 24.0 Å². The maximum absolute atomic E-state index is 12.1. The Balaban J connectivity index is 0.00000625. The lowest BCUT2D eigenvalue weighted by molar-refractivity contribution is 0.0954. The lowest BCUT2D eigenvalue weighted by Crippen LogP contribution is -2.42. The fourth-order valence-electron chi connectivity index (χ4n) is 1.90. The summed E-state index contributed by atoms with van der Waals surface area (Å²) in [5.41, 5.74) is 0.585. The first-order chi connectivity index (χ1) is 11.9. The van der Waals surface area contributed by atoms with Gasteiger partial charge in [0, 0.05) is 29.9 Å². The van der Waals surface area contributed by atoms with E-state index >= 15 is 0 Å². The highest BCUT2D eigenvalue weighted by molar-refractivity contribution is 14.0. The summed E-state index contributed by atoms with van der Waals surface area (Å²) < 4.78 is 5.23. The average Bonchev–Trinajstić information content (AvgIpc) is 2.63. The number of carbonyl (C=O) groups is 1. The first-order valence-electron chi connectivity index (χ1n) is 8.41. The number of aliphatic imine (C=N–C) groups is 1. The Bertz CT molecular complexity index is 582. The van der Waals surface area contributed by atoms with E-state index in [1.807, 2.05) is 13.0 Å². The van der Waals surface area contributed by atoms with Gasteiger partial charge in [-0.25, -0.2) is 0 Å². The highest BCUT2D eigenvalue weighted by Crippen LogP contribution is 2.20. The van der Waals surface area contributed by atoms with Crippen LogP contribution in [0, 0.1) is 0 Å². The number of nitrogens with one attached hydrogen (secondary N) is 3. The van der Waals surface area contributed by atoms with Crippen molar-refractivity contribution in [3.8, 4) is 5.75 Å². The Labute approximate surface area is 178 Å². The fraction of sp³-hybridized carbons (Fsp3) is 0.556. The van der Waals surface area contributed by atoms with Crippen LogP contribution in [0.2, 0.25) is 0 Å². The van der Waals surface area contributed by atoms with Gasteiger partial charge >= 0.3 is 0 Å². The van der Waals surface area contributed by atoms with Crippen molar-refractivity contribution in [2.75, 3.05) is 39.5 Å². The molecular weight excluding hydrogens is 463 g/mol. The molecule has 0 heterocycles. The Morgan fingerprint density at radius 2 is 1.92 bits per heavy atom. The molecule has 0 saturated heterocycles. The molecule has 1 aromatic carbocycles. The summed E-state index contributed by atoms with van der Waals surface area (Å²) in [6, 6.07) is 7.10. The molecule has 0 bridgehead atoms. The summed E-state index contributed by atoms with van der Waals surface area (Å²) >= 11 is 1.79. The van der Waals surface area contributed by atoms with Crippen molar-refractivity contribution in [1.29, 1.82) is 0 Å². The van der Waals surface area contributed by atoms with Gasteiger partial charge < -0.3 is 20.7 Å². The molecule has 1 amide bonds. The van der Waals surface area contributed by atoms with Crippen LogP contribution in [0.5, 0.6) is 5.75 Å². The Morgan fingerprint density at radius 3 is 2.54 bits per heavy atom. The van der Waals surface area contributed by atoms with Gasteiger partial charge in [0.2, 0.25) is 0 Å². The van der Waals surface area contributed by atoms with Crippen LogP contribution >= 0.6 is 35.7 Å². The largest absolute Gasteiger partial charge is 0.497 e. The third-order valence-corrected chi connectivity index (χ3v) is 4.78. The van der Waals surface area contributed by atoms with Crippen molar-refractivity contribution in [3.63, 3.8) is 0 Å². The van der Waals surface area contributed by atoms with E-state index in [-0.39, 0.29) is 34.6 Å². The number of amides is 1. The van der Waals surface area contributed by atoms with Gasteiger partial charge in [0.1, 0.15) is 5.75 Å². The zero-order chi connectivity index (χ0) is 18.7. The second-order valence-electron chi connectivity index (χ2n) is 6.07. The van der Waals surface area contributed by atoms with Crippen LogP contribution in [-0.4, -0.2) is 56.2 Å². The minimum absolute atomic E-state index is 0. The highest BCUT2D eigenvalue weighted by Gasteiger charge is 2.15. The lowest BCUT2D eigenvalue weighted by atomic mass is 10.2. The Hall–Kier alpha value is -1.16. The van der Waals surface area contributed by atoms with Gasteiger partial charge in [-0.1, -0.05) is 6.07 Å². The number of carbonyl (C=O) groups excluding carboxylic acids is 1. The summed E-state index contributed by atoms with van der Waals surface area (Å²) in [4.78, 5) is 16.7. The van der Waals surface area contributed by atoms with E-state index < -0.39 is 0 Å². The summed E-state index contributed by atoms with van der Waals surface area (Å²) in [5, 5.41) is 9.34. The smallest absolute Gasteiger partial charge is 0.251 e. The van der Waals surface area contributed by atoms with Crippen molar-refractivity contribution in [1.82, 2.24) is 16.0 Å². The zero-order valence-corrected chi connectivity index (χ0v) is 19.4. The molecule has 0 spiro atoms. The third-order valence-electron chi connectivity index (χ3n) is 3.55. The minimum atomic E-state index is -0.119. The molecule has 8 heteroatoms. The molecule has 26 heavy (non-hydrogen) atoms. The second-order valence-corrected chi connectivity index (χ2v) is 7.59. The molecule has 0 aliphatic carbocycles. The number of hydrogen-bond acceptors (Lipinski definition) is 4. The molecule has 0 unspecified atom stereocenters. The van der Waals surface area contributed by atoms with Gasteiger partial charge in [-0.3, -0.25) is 9.79 Å². The number of nitrogens with zero attached hydrogens (tertiary/aromatic N) is 1. The van der Waals surface area contributed by atoms with E-state index in [0.717, 1.165) is 19.0 Å². The molecular formula is C18H31IN4O2S. The molecule has 0 aromatic heterocycles. The standard InChI is InChI=1S/C18H30N4O2S.HI/c1-6-19-17(22-13-18(2,3)25-5)21-11-10-20-16(23)14-8-7-9-15(12-14)24-4;/h7-9,12H,6,10-11,13H2,1-5H3,(H,20,23)(H2,19,21,22);1H. The molecule has 148 valence electrons. The molecule has 0 radical (unpaired) electrons. The molecule has 0 aliphatic rings. The number of hydrogen-bond donors (Lipinski definition) is 3. The number of methoxy groups -OCH3 is 1. The SMILES string of the molecule is CCNC(=NCC(C)(C)SC)NCCNC(=O)c1cccc(OC)c1.I. The van der Waals surface area contributed by atoms with Crippen LogP contribution in [0.4, 0.5) is 0 Å². The third kappa shape index (κ3) is 9.51. The summed E-state index contributed by atoms with van der Waals surface area (Å²) in [6.45, 7) is 8.98. The van der Waals surface area contributed by atoms with Gasteiger partial charge in [0.15, 0.2) is 5.96 Å². The topological polar surface area (TPSA) is 74.8 Å². The molecule has 1 rings (SSSR count). The summed E-state index contributed by atoms with van der Waals surface area (Å²) in [7, 11) is 1.58. The molecule has 6 nitrogen and oxygen atoms in total. The molecule has 3 N–H and O–H groups in total. The van der Waals surface area contributed by atoms with Crippen molar-refractivity contribution >= 4 is 47.6 Å². The van der Waals surface area contributed by atoms with Crippen LogP contribution in [0.3, 0.4) is 0 Å². The number of rotatable bonds is 9. The van der Waals surface area contributed by atoms with E-state index in [1.165, 1.54) is 0 Å². The normalized spacial score (nSPS) is 11.3. The first kappa shape index (κ1) is 24.8. The van der Waals surface area contributed by atoms with Crippen LogP contribution < -0.4 is 20.7 Å². The Morgan fingerprint density at radius 1 is 1.23 bits per heavy atom. The van der Waals surface area contributed by atoms with Crippen molar-refractivity contribution in [2.24, 2.45) is 4.99 Å². The summed E-state index contributed by atoms with van der Waals surface area (Å²) in [6.07, 6.45) is 2.09. The second kappa shape index (κ2) is 13.1. The molecule has 0 atom stereocenters. The van der Waals surface area contributed by atoms with E-state index in [4.69, 9.17) is 4.74 Å². The van der Waals surface area contributed by atoms with Crippen molar-refractivity contribution in [2.45, 2.75) is 25.5 Å². The zero-order valence-electron chi connectivity index (χ0n) is 16.2. The van der Waals surface area contributed by atoms with Crippen LogP contribution in [0.15, 0.2) is 29.3 Å².